The van der Waals surface area contributed by atoms with Gasteiger partial charge in [0.25, 0.3) is 0 Å². The number of aromatic nitrogens is 4. The van der Waals surface area contributed by atoms with Crippen LogP contribution in [-0.2, 0) is 10.2 Å². The first-order valence-electron chi connectivity index (χ1n) is 8.53. The van der Waals surface area contributed by atoms with E-state index >= 15 is 0 Å². The summed E-state index contributed by atoms with van der Waals surface area (Å²) in [4.78, 5) is 8.85. The highest BCUT2D eigenvalue weighted by atomic mass is 35.5. The van der Waals surface area contributed by atoms with Crippen molar-refractivity contribution in [1.29, 1.82) is 0 Å². The summed E-state index contributed by atoms with van der Waals surface area (Å²) < 4.78 is 20.9. The number of anilines is 1. The van der Waals surface area contributed by atoms with Crippen LogP contribution in [0.25, 0.3) is 5.52 Å². The fourth-order valence-corrected chi connectivity index (χ4v) is 3.84. The molecule has 2 aromatic rings. The summed E-state index contributed by atoms with van der Waals surface area (Å²) in [5.41, 5.74) is 0.740. The summed E-state index contributed by atoms with van der Waals surface area (Å²) in [6, 6.07) is -0.331. The average Bonchev–Trinajstić information content (AvgIpc) is 2.86. The van der Waals surface area contributed by atoms with Crippen molar-refractivity contribution in [1.82, 2.24) is 19.6 Å². The third-order valence-electron chi connectivity index (χ3n) is 5.41. The van der Waals surface area contributed by atoms with Gasteiger partial charge >= 0.3 is 0 Å². The Balaban J connectivity index is 1.69. The topological polar surface area (TPSA) is 64.3 Å². The molecule has 130 valence electrons. The van der Waals surface area contributed by atoms with E-state index in [0.717, 1.165) is 25.1 Å². The van der Waals surface area contributed by atoms with Crippen LogP contribution in [0.2, 0.25) is 5.15 Å². The van der Waals surface area contributed by atoms with Crippen LogP contribution in [0.3, 0.4) is 0 Å². The molecule has 0 spiro atoms. The van der Waals surface area contributed by atoms with Gasteiger partial charge in [0.05, 0.1) is 18.8 Å². The molecule has 0 unspecified atom stereocenters. The van der Waals surface area contributed by atoms with E-state index in [-0.39, 0.29) is 18.1 Å². The molecule has 3 heterocycles. The quantitative estimate of drug-likeness (QED) is 0.914. The lowest BCUT2D eigenvalue weighted by Gasteiger charge is -2.39. The van der Waals surface area contributed by atoms with E-state index in [1.54, 1.807) is 10.7 Å². The van der Waals surface area contributed by atoms with Gasteiger partial charge in [0.2, 0.25) is 5.95 Å². The normalized spacial score (nSPS) is 26.3. The first-order chi connectivity index (χ1) is 11.6. The summed E-state index contributed by atoms with van der Waals surface area (Å²) >= 11 is 6.28. The second-order valence-corrected chi connectivity index (χ2v) is 7.08. The number of nitrogens with zero attached hydrogens (tertiary/aromatic N) is 4. The van der Waals surface area contributed by atoms with Crippen molar-refractivity contribution in [2.75, 3.05) is 18.5 Å². The molecule has 1 saturated heterocycles. The van der Waals surface area contributed by atoms with Crippen LogP contribution in [0, 0.1) is 0 Å². The summed E-state index contributed by atoms with van der Waals surface area (Å²) in [5.74, 6) is 1.29. The van der Waals surface area contributed by atoms with Crippen molar-refractivity contribution in [3.63, 3.8) is 0 Å². The molecular formula is C16H21ClFN5O. The molecule has 4 rings (SSSR count). The molecule has 0 radical (unpaired) electrons. The fraction of sp³-hybridized carbons (Fsp3) is 0.688. The Morgan fingerprint density at radius 3 is 3.00 bits per heavy atom. The summed E-state index contributed by atoms with van der Waals surface area (Å²) in [5, 5.41) is 8.08. The maximum absolute atomic E-state index is 14.0. The molecule has 1 saturated carbocycles. The lowest BCUT2D eigenvalue weighted by Crippen LogP contribution is -2.40. The summed E-state index contributed by atoms with van der Waals surface area (Å²) in [6.45, 7) is 2.83. The number of alkyl halides is 1. The van der Waals surface area contributed by atoms with E-state index in [2.05, 4.69) is 27.3 Å². The second kappa shape index (κ2) is 6.11. The second-order valence-electron chi connectivity index (χ2n) is 6.72. The number of nitrogens with one attached hydrogen (secondary N) is 1. The summed E-state index contributed by atoms with van der Waals surface area (Å²) in [7, 11) is 0. The first kappa shape index (κ1) is 16.0. The molecule has 1 N–H and O–H groups in total. The SMILES string of the molecule is CCC1(c2nc(Cl)c3cnc(N[C@H]4CCOC[C@@H]4F)nn23)CCC1. The molecule has 2 aromatic heterocycles. The zero-order chi connectivity index (χ0) is 16.7. The lowest BCUT2D eigenvalue weighted by molar-refractivity contribution is 0.0284. The molecule has 24 heavy (non-hydrogen) atoms. The predicted octanol–water partition coefficient (Wildman–Crippen LogP) is 3.15. The Labute approximate surface area is 144 Å². The predicted molar refractivity (Wildman–Crippen MR) is 89.4 cm³/mol. The van der Waals surface area contributed by atoms with E-state index in [1.165, 1.54) is 6.42 Å². The van der Waals surface area contributed by atoms with Crippen molar-refractivity contribution < 1.29 is 9.13 Å². The van der Waals surface area contributed by atoms with Gasteiger partial charge in [-0.25, -0.2) is 18.9 Å². The van der Waals surface area contributed by atoms with Crippen molar-refractivity contribution in [2.24, 2.45) is 0 Å². The molecule has 2 atom stereocenters. The van der Waals surface area contributed by atoms with Crippen molar-refractivity contribution in [3.8, 4) is 0 Å². The van der Waals surface area contributed by atoms with Crippen molar-refractivity contribution >= 4 is 23.1 Å². The van der Waals surface area contributed by atoms with Crippen LogP contribution in [-0.4, -0.2) is 45.0 Å². The minimum Gasteiger partial charge on any atom is -0.378 e. The lowest BCUT2D eigenvalue weighted by atomic mass is 9.66. The number of ether oxygens (including phenoxy) is 1. The van der Waals surface area contributed by atoms with Gasteiger partial charge in [-0.3, -0.25) is 0 Å². The Kier molecular flexibility index (Phi) is 4.08. The van der Waals surface area contributed by atoms with Crippen LogP contribution in [0.1, 0.15) is 44.9 Å². The number of halogens is 2. The van der Waals surface area contributed by atoms with E-state index in [9.17, 15) is 4.39 Å². The van der Waals surface area contributed by atoms with Gasteiger partial charge in [0.15, 0.2) is 5.15 Å². The van der Waals surface area contributed by atoms with E-state index < -0.39 is 6.17 Å². The van der Waals surface area contributed by atoms with Gasteiger partial charge in [0, 0.05) is 12.0 Å². The number of rotatable bonds is 4. The van der Waals surface area contributed by atoms with Crippen LogP contribution in [0.5, 0.6) is 0 Å². The van der Waals surface area contributed by atoms with Gasteiger partial charge < -0.3 is 10.1 Å². The van der Waals surface area contributed by atoms with Crippen LogP contribution < -0.4 is 5.32 Å². The molecule has 6 nitrogen and oxygen atoms in total. The Morgan fingerprint density at radius 2 is 2.33 bits per heavy atom. The minimum atomic E-state index is -1.06. The molecule has 0 amide bonds. The molecule has 1 aliphatic carbocycles. The largest absolute Gasteiger partial charge is 0.378 e. The minimum absolute atomic E-state index is 0.0446. The van der Waals surface area contributed by atoms with Crippen molar-refractivity contribution in [3.05, 3.63) is 17.2 Å². The fourth-order valence-electron chi connectivity index (χ4n) is 3.63. The zero-order valence-electron chi connectivity index (χ0n) is 13.6. The molecular weight excluding hydrogens is 333 g/mol. The Hall–Kier alpha value is -1.47. The van der Waals surface area contributed by atoms with Crippen molar-refractivity contribution in [2.45, 2.75) is 56.7 Å². The smallest absolute Gasteiger partial charge is 0.241 e. The monoisotopic (exact) mass is 353 g/mol. The van der Waals surface area contributed by atoms with E-state index in [1.807, 2.05) is 0 Å². The molecule has 0 aromatic carbocycles. The molecule has 1 aliphatic heterocycles. The van der Waals surface area contributed by atoms with Crippen LogP contribution in [0.4, 0.5) is 10.3 Å². The third-order valence-corrected chi connectivity index (χ3v) is 5.69. The molecule has 0 bridgehead atoms. The highest BCUT2D eigenvalue weighted by Crippen LogP contribution is 2.46. The average molecular weight is 354 g/mol. The highest BCUT2D eigenvalue weighted by Gasteiger charge is 2.41. The summed E-state index contributed by atoms with van der Waals surface area (Å²) in [6.07, 6.45) is 5.58. The maximum Gasteiger partial charge on any atom is 0.241 e. The standard InChI is InChI=1S/C16H21ClFN5O/c1-2-16(5-3-6-16)14-21-13(17)12-8-19-15(22-23(12)14)20-11-4-7-24-9-10(11)18/h8,10-11H,2-7,9H2,1H3,(H,20,22)/t10-,11-/m0/s1. The highest BCUT2D eigenvalue weighted by molar-refractivity contribution is 6.32. The first-order valence-corrected chi connectivity index (χ1v) is 8.91. The number of hydrogen-bond donors (Lipinski definition) is 1. The van der Waals surface area contributed by atoms with Gasteiger partial charge in [-0.15, -0.1) is 5.10 Å². The molecule has 8 heteroatoms. The van der Waals surface area contributed by atoms with Gasteiger partial charge in [-0.1, -0.05) is 24.9 Å². The van der Waals surface area contributed by atoms with Gasteiger partial charge in [-0.2, -0.15) is 0 Å². The van der Waals surface area contributed by atoms with Gasteiger partial charge in [0.1, 0.15) is 17.5 Å². The molecule has 2 aliphatic rings. The number of fused-ring (bicyclic) bond motifs is 1. The third kappa shape index (κ3) is 2.54. The number of imidazole rings is 1. The maximum atomic E-state index is 14.0. The van der Waals surface area contributed by atoms with Crippen LogP contribution in [0.15, 0.2) is 6.20 Å². The van der Waals surface area contributed by atoms with E-state index in [4.69, 9.17) is 16.3 Å². The number of hydrogen-bond acceptors (Lipinski definition) is 5. The van der Waals surface area contributed by atoms with E-state index in [0.29, 0.717) is 29.6 Å². The molecule has 2 fully saturated rings. The van der Waals surface area contributed by atoms with Crippen LogP contribution >= 0.6 is 11.6 Å². The zero-order valence-corrected chi connectivity index (χ0v) is 14.4. The Bertz CT molecular complexity index is 742. The Morgan fingerprint density at radius 1 is 1.50 bits per heavy atom. The van der Waals surface area contributed by atoms with Gasteiger partial charge in [-0.05, 0) is 25.7 Å².